The monoisotopic (exact) mass is 388 g/mol. The van der Waals surface area contributed by atoms with Crippen LogP contribution >= 0.6 is 12.4 Å². The van der Waals surface area contributed by atoms with Gasteiger partial charge in [0.05, 0.1) is 12.0 Å². The third-order valence-corrected chi connectivity index (χ3v) is 4.88. The maximum atomic E-state index is 12.9. The van der Waals surface area contributed by atoms with Crippen molar-refractivity contribution in [3.63, 3.8) is 0 Å². The zero-order chi connectivity index (χ0) is 18.4. The third-order valence-electron chi connectivity index (χ3n) is 4.88. The van der Waals surface area contributed by atoms with Crippen molar-refractivity contribution in [2.24, 2.45) is 5.41 Å². The normalized spacial score (nSPS) is 15.4. The lowest BCUT2D eigenvalue weighted by Gasteiger charge is -2.35. The zero-order valence-corrected chi connectivity index (χ0v) is 16.2. The molecule has 0 radical (unpaired) electrons. The maximum absolute atomic E-state index is 12.9. The van der Waals surface area contributed by atoms with Crippen molar-refractivity contribution in [1.82, 2.24) is 5.32 Å². The number of ketones is 1. The number of methoxy groups -OCH3 is 1. The van der Waals surface area contributed by atoms with Crippen LogP contribution in [-0.2, 0) is 9.53 Å². The Balaban J connectivity index is 0.00000261. The minimum Gasteiger partial charge on any atom is -0.384 e. The van der Waals surface area contributed by atoms with Crippen LogP contribution in [0.25, 0.3) is 0 Å². The summed E-state index contributed by atoms with van der Waals surface area (Å²) in [6.45, 7) is 1.98. The highest BCUT2D eigenvalue weighted by Gasteiger charge is 2.39. The first-order chi connectivity index (χ1) is 12.6. The molecule has 2 aromatic carbocycles. The summed E-state index contributed by atoms with van der Waals surface area (Å²) in [7, 11) is 1.62. The second-order valence-corrected chi connectivity index (χ2v) is 6.69. The number of carbonyl (C=O) groups excluding carboxylic acids is 2. The van der Waals surface area contributed by atoms with Gasteiger partial charge < -0.3 is 15.4 Å². The quantitative estimate of drug-likeness (QED) is 0.745. The fourth-order valence-corrected chi connectivity index (χ4v) is 3.38. The molecule has 1 heterocycles. The highest BCUT2D eigenvalue weighted by Crippen LogP contribution is 2.31. The molecular formula is C21H25ClN2O3. The predicted octanol–water partition coefficient (Wildman–Crippen LogP) is 3.29. The van der Waals surface area contributed by atoms with Crippen LogP contribution in [0.1, 0.15) is 28.8 Å². The van der Waals surface area contributed by atoms with Crippen LogP contribution in [0.15, 0.2) is 54.6 Å². The Bertz CT molecular complexity index is 768. The van der Waals surface area contributed by atoms with Crippen molar-refractivity contribution >= 4 is 29.8 Å². The SMILES string of the molecule is COCC1(C(=O)Nc2cccc(C(=O)c3ccccc3)c2)CCNCC1.Cl. The van der Waals surface area contributed by atoms with E-state index in [-0.39, 0.29) is 24.1 Å². The van der Waals surface area contributed by atoms with Crippen molar-refractivity contribution in [2.75, 3.05) is 32.1 Å². The van der Waals surface area contributed by atoms with E-state index in [1.807, 2.05) is 18.2 Å². The van der Waals surface area contributed by atoms with Gasteiger partial charge in [-0.1, -0.05) is 42.5 Å². The van der Waals surface area contributed by atoms with Crippen LogP contribution in [0.2, 0.25) is 0 Å². The summed E-state index contributed by atoms with van der Waals surface area (Å²) >= 11 is 0. The van der Waals surface area contributed by atoms with Gasteiger partial charge in [0.25, 0.3) is 0 Å². The molecule has 0 bridgehead atoms. The van der Waals surface area contributed by atoms with Gasteiger partial charge in [0.15, 0.2) is 5.78 Å². The fraction of sp³-hybridized carbons (Fsp3) is 0.333. The molecule has 3 rings (SSSR count). The summed E-state index contributed by atoms with van der Waals surface area (Å²) in [5, 5.41) is 6.26. The molecule has 0 aliphatic carbocycles. The topological polar surface area (TPSA) is 67.4 Å². The average Bonchev–Trinajstić information content (AvgIpc) is 2.69. The lowest BCUT2D eigenvalue weighted by Crippen LogP contribution is -2.47. The summed E-state index contributed by atoms with van der Waals surface area (Å²) in [5.41, 5.74) is 1.29. The number of piperidine rings is 1. The van der Waals surface area contributed by atoms with Crippen molar-refractivity contribution in [3.05, 3.63) is 65.7 Å². The Hall–Kier alpha value is -2.21. The molecule has 0 saturated carbocycles. The van der Waals surface area contributed by atoms with E-state index in [1.165, 1.54) is 0 Å². The van der Waals surface area contributed by atoms with E-state index in [2.05, 4.69) is 10.6 Å². The number of amides is 1. The van der Waals surface area contributed by atoms with Crippen molar-refractivity contribution in [2.45, 2.75) is 12.8 Å². The van der Waals surface area contributed by atoms with Gasteiger partial charge in [0, 0.05) is 23.9 Å². The first kappa shape index (κ1) is 21.1. The Morgan fingerprint density at radius 3 is 2.37 bits per heavy atom. The molecule has 6 heteroatoms. The number of hydrogen-bond donors (Lipinski definition) is 2. The minimum atomic E-state index is -0.528. The Morgan fingerprint density at radius 2 is 1.70 bits per heavy atom. The van der Waals surface area contributed by atoms with Gasteiger partial charge in [0.2, 0.25) is 5.91 Å². The van der Waals surface area contributed by atoms with Crippen molar-refractivity contribution < 1.29 is 14.3 Å². The van der Waals surface area contributed by atoms with Crippen LogP contribution in [0.5, 0.6) is 0 Å². The highest BCUT2D eigenvalue weighted by molar-refractivity contribution is 6.09. The Labute approximate surface area is 165 Å². The molecule has 5 nitrogen and oxygen atoms in total. The van der Waals surface area contributed by atoms with Gasteiger partial charge in [-0.05, 0) is 38.1 Å². The van der Waals surface area contributed by atoms with E-state index in [0.717, 1.165) is 25.9 Å². The third kappa shape index (κ3) is 4.95. The molecule has 2 N–H and O–H groups in total. The second-order valence-electron chi connectivity index (χ2n) is 6.69. The van der Waals surface area contributed by atoms with Gasteiger partial charge in [-0.15, -0.1) is 12.4 Å². The molecule has 1 fully saturated rings. The molecule has 1 amide bonds. The number of ether oxygens (including phenoxy) is 1. The lowest BCUT2D eigenvalue weighted by molar-refractivity contribution is -0.130. The first-order valence-electron chi connectivity index (χ1n) is 8.85. The molecule has 1 saturated heterocycles. The number of anilines is 1. The highest BCUT2D eigenvalue weighted by atomic mass is 35.5. The van der Waals surface area contributed by atoms with E-state index < -0.39 is 5.41 Å². The number of hydrogen-bond acceptors (Lipinski definition) is 4. The van der Waals surface area contributed by atoms with E-state index in [1.54, 1.807) is 43.5 Å². The molecule has 1 aliphatic heterocycles. The molecule has 0 spiro atoms. The van der Waals surface area contributed by atoms with E-state index in [4.69, 9.17) is 4.74 Å². The molecule has 0 unspecified atom stereocenters. The van der Waals surface area contributed by atoms with Gasteiger partial charge in [-0.3, -0.25) is 9.59 Å². The van der Waals surface area contributed by atoms with Crippen LogP contribution in [0, 0.1) is 5.41 Å². The summed E-state index contributed by atoms with van der Waals surface area (Å²) < 4.78 is 5.32. The predicted molar refractivity (Wildman–Crippen MR) is 109 cm³/mol. The number of rotatable bonds is 6. The van der Waals surface area contributed by atoms with E-state index >= 15 is 0 Å². The minimum absolute atomic E-state index is 0. The second kappa shape index (κ2) is 9.65. The summed E-state index contributed by atoms with van der Waals surface area (Å²) in [6.07, 6.45) is 1.46. The molecule has 0 atom stereocenters. The molecule has 144 valence electrons. The van der Waals surface area contributed by atoms with E-state index in [9.17, 15) is 9.59 Å². The molecular weight excluding hydrogens is 364 g/mol. The number of halogens is 1. The maximum Gasteiger partial charge on any atom is 0.233 e. The summed E-state index contributed by atoms with van der Waals surface area (Å²) in [6, 6.07) is 16.2. The van der Waals surface area contributed by atoms with Crippen LogP contribution in [-0.4, -0.2) is 38.5 Å². The average molecular weight is 389 g/mol. The van der Waals surface area contributed by atoms with Gasteiger partial charge in [0.1, 0.15) is 0 Å². The first-order valence-corrected chi connectivity index (χ1v) is 8.85. The molecule has 1 aliphatic rings. The summed E-state index contributed by atoms with van der Waals surface area (Å²) in [4.78, 5) is 25.5. The van der Waals surface area contributed by atoms with Gasteiger partial charge in [-0.2, -0.15) is 0 Å². The number of nitrogens with one attached hydrogen (secondary N) is 2. The summed E-state index contributed by atoms with van der Waals surface area (Å²) in [5.74, 6) is -0.111. The van der Waals surface area contributed by atoms with Crippen LogP contribution in [0.3, 0.4) is 0 Å². The molecule has 2 aromatic rings. The van der Waals surface area contributed by atoms with Crippen molar-refractivity contribution in [1.29, 1.82) is 0 Å². The standard InChI is InChI=1S/C21H24N2O3.ClH/c1-26-15-21(10-12-22-13-11-21)20(25)23-18-9-5-8-17(14-18)19(24)16-6-3-2-4-7-16;/h2-9,14,22H,10-13,15H2,1H3,(H,23,25);1H. The fourth-order valence-electron chi connectivity index (χ4n) is 3.38. The smallest absolute Gasteiger partial charge is 0.233 e. The largest absolute Gasteiger partial charge is 0.384 e. The molecule has 0 aromatic heterocycles. The van der Waals surface area contributed by atoms with Gasteiger partial charge >= 0.3 is 0 Å². The number of carbonyl (C=O) groups is 2. The molecule has 27 heavy (non-hydrogen) atoms. The Kier molecular flexibility index (Phi) is 7.54. The Morgan fingerprint density at radius 1 is 1.04 bits per heavy atom. The lowest BCUT2D eigenvalue weighted by atomic mass is 9.78. The van der Waals surface area contributed by atoms with E-state index in [0.29, 0.717) is 23.4 Å². The van der Waals surface area contributed by atoms with Crippen LogP contribution < -0.4 is 10.6 Å². The zero-order valence-electron chi connectivity index (χ0n) is 15.4. The number of benzene rings is 2. The van der Waals surface area contributed by atoms with Crippen molar-refractivity contribution in [3.8, 4) is 0 Å². The van der Waals surface area contributed by atoms with Crippen LogP contribution in [0.4, 0.5) is 5.69 Å². The van der Waals surface area contributed by atoms with Gasteiger partial charge in [-0.25, -0.2) is 0 Å².